The van der Waals surface area contributed by atoms with E-state index in [9.17, 15) is 21.6 Å². The Bertz CT molecular complexity index is 868. The monoisotopic (exact) mass is 384 g/mol. The first-order chi connectivity index (χ1) is 12.4. The van der Waals surface area contributed by atoms with E-state index < -0.39 is 32.4 Å². The molecule has 8 heteroatoms. The summed E-state index contributed by atoms with van der Waals surface area (Å²) in [6, 6.07) is 11.3. The molecule has 0 radical (unpaired) electrons. The SMILES string of the molecule is O=S(=O)(c1ccc(F)c(F)c1F)N1CCN(CCc2ccccc2)CC1. The third-order valence-electron chi connectivity index (χ3n) is 4.51. The first-order valence-electron chi connectivity index (χ1n) is 8.29. The Hall–Kier alpha value is -1.90. The number of sulfonamides is 1. The van der Waals surface area contributed by atoms with E-state index in [-0.39, 0.29) is 13.1 Å². The van der Waals surface area contributed by atoms with Gasteiger partial charge in [0, 0.05) is 32.7 Å². The van der Waals surface area contributed by atoms with Crippen LogP contribution < -0.4 is 0 Å². The van der Waals surface area contributed by atoms with Crippen LogP contribution in [-0.2, 0) is 16.4 Å². The van der Waals surface area contributed by atoms with Gasteiger partial charge < -0.3 is 4.90 Å². The lowest BCUT2D eigenvalue weighted by Gasteiger charge is -2.34. The van der Waals surface area contributed by atoms with Crippen molar-refractivity contribution in [2.24, 2.45) is 0 Å². The van der Waals surface area contributed by atoms with E-state index in [0.717, 1.165) is 23.3 Å². The summed E-state index contributed by atoms with van der Waals surface area (Å²) in [7, 11) is -4.20. The standard InChI is InChI=1S/C18H19F3N2O2S/c19-15-6-7-16(18(21)17(15)20)26(24,25)23-12-10-22(11-13-23)9-8-14-4-2-1-3-5-14/h1-7H,8-13H2. The molecular formula is C18H19F3N2O2S. The number of benzene rings is 2. The van der Waals surface area contributed by atoms with E-state index >= 15 is 0 Å². The van der Waals surface area contributed by atoms with Crippen LogP contribution in [0.2, 0.25) is 0 Å². The Morgan fingerprint density at radius 1 is 0.846 bits per heavy atom. The second-order valence-corrected chi connectivity index (χ2v) is 8.06. The second-order valence-electron chi connectivity index (χ2n) is 6.15. The number of hydrogen-bond donors (Lipinski definition) is 0. The predicted molar refractivity (Wildman–Crippen MR) is 91.7 cm³/mol. The number of halogens is 3. The quantitative estimate of drug-likeness (QED) is 0.745. The van der Waals surface area contributed by atoms with Gasteiger partial charge in [-0.15, -0.1) is 0 Å². The summed E-state index contributed by atoms with van der Waals surface area (Å²) in [6.45, 7) is 2.14. The van der Waals surface area contributed by atoms with Crippen molar-refractivity contribution < 1.29 is 21.6 Å². The van der Waals surface area contributed by atoms with Gasteiger partial charge in [-0.05, 0) is 24.1 Å². The molecule has 0 N–H and O–H groups in total. The Balaban J connectivity index is 1.63. The van der Waals surface area contributed by atoms with Gasteiger partial charge in [0.25, 0.3) is 0 Å². The fourth-order valence-corrected chi connectivity index (χ4v) is 4.45. The summed E-state index contributed by atoms with van der Waals surface area (Å²) in [5, 5.41) is 0. The molecule has 140 valence electrons. The summed E-state index contributed by atoms with van der Waals surface area (Å²) in [4.78, 5) is 1.30. The van der Waals surface area contributed by atoms with Crippen LogP contribution in [0.15, 0.2) is 47.4 Å². The van der Waals surface area contributed by atoms with Crippen molar-refractivity contribution in [1.82, 2.24) is 9.21 Å². The lowest BCUT2D eigenvalue weighted by Crippen LogP contribution is -2.49. The number of piperazine rings is 1. The Morgan fingerprint density at radius 3 is 2.15 bits per heavy atom. The maximum absolute atomic E-state index is 13.9. The highest BCUT2D eigenvalue weighted by Gasteiger charge is 2.32. The molecule has 1 heterocycles. The van der Waals surface area contributed by atoms with Crippen molar-refractivity contribution in [1.29, 1.82) is 0 Å². The van der Waals surface area contributed by atoms with Crippen molar-refractivity contribution in [3.05, 3.63) is 65.5 Å². The van der Waals surface area contributed by atoms with E-state index in [2.05, 4.69) is 4.90 Å². The molecule has 3 rings (SSSR count). The van der Waals surface area contributed by atoms with E-state index in [0.29, 0.717) is 19.2 Å². The van der Waals surface area contributed by atoms with Crippen LogP contribution in [0.25, 0.3) is 0 Å². The van der Waals surface area contributed by atoms with Gasteiger partial charge in [-0.25, -0.2) is 21.6 Å². The van der Waals surface area contributed by atoms with Gasteiger partial charge in [-0.1, -0.05) is 30.3 Å². The Kier molecular flexibility index (Phi) is 5.64. The van der Waals surface area contributed by atoms with Gasteiger partial charge in [0.15, 0.2) is 17.5 Å². The number of nitrogens with zero attached hydrogens (tertiary/aromatic N) is 2. The third kappa shape index (κ3) is 3.92. The summed E-state index contributed by atoms with van der Waals surface area (Å²) in [6.07, 6.45) is 0.853. The molecule has 0 amide bonds. The molecule has 0 bridgehead atoms. The van der Waals surface area contributed by atoms with E-state index in [1.54, 1.807) is 0 Å². The molecule has 0 aliphatic carbocycles. The van der Waals surface area contributed by atoms with Gasteiger partial charge in [0.1, 0.15) is 4.90 Å². The van der Waals surface area contributed by atoms with E-state index in [1.165, 1.54) is 5.56 Å². The van der Waals surface area contributed by atoms with Crippen LogP contribution in [0.1, 0.15) is 5.56 Å². The smallest absolute Gasteiger partial charge is 0.246 e. The molecule has 1 aliphatic rings. The van der Waals surface area contributed by atoms with Crippen LogP contribution in [0.5, 0.6) is 0 Å². The lowest BCUT2D eigenvalue weighted by atomic mass is 10.1. The van der Waals surface area contributed by atoms with E-state index in [1.807, 2.05) is 30.3 Å². The maximum atomic E-state index is 13.9. The summed E-state index contributed by atoms with van der Waals surface area (Å²) < 4.78 is 66.5. The highest BCUT2D eigenvalue weighted by molar-refractivity contribution is 7.89. The molecule has 2 aromatic carbocycles. The molecule has 0 unspecified atom stereocenters. The molecule has 0 spiro atoms. The van der Waals surface area contributed by atoms with Crippen molar-refractivity contribution >= 4 is 10.0 Å². The second kappa shape index (κ2) is 7.77. The minimum absolute atomic E-state index is 0.176. The maximum Gasteiger partial charge on any atom is 0.246 e. The largest absolute Gasteiger partial charge is 0.300 e. The third-order valence-corrected chi connectivity index (χ3v) is 6.42. The van der Waals surface area contributed by atoms with Crippen LogP contribution >= 0.6 is 0 Å². The average Bonchev–Trinajstić information content (AvgIpc) is 2.65. The normalized spacial score (nSPS) is 16.7. The molecule has 0 saturated carbocycles. The molecule has 4 nitrogen and oxygen atoms in total. The van der Waals surface area contributed by atoms with Crippen LogP contribution in [0.4, 0.5) is 13.2 Å². The predicted octanol–water partition coefficient (Wildman–Crippen LogP) is 2.65. The molecule has 26 heavy (non-hydrogen) atoms. The number of hydrogen-bond acceptors (Lipinski definition) is 3. The van der Waals surface area contributed by atoms with Crippen LogP contribution in [-0.4, -0.2) is 50.3 Å². The molecular weight excluding hydrogens is 365 g/mol. The van der Waals surface area contributed by atoms with Crippen LogP contribution in [0, 0.1) is 17.5 Å². The summed E-state index contributed by atoms with van der Waals surface area (Å²) in [5.74, 6) is -4.85. The zero-order valence-electron chi connectivity index (χ0n) is 14.0. The zero-order valence-corrected chi connectivity index (χ0v) is 14.9. The van der Waals surface area contributed by atoms with Gasteiger partial charge in [0.2, 0.25) is 10.0 Å². The Labute approximate surface area is 150 Å². The van der Waals surface area contributed by atoms with Crippen molar-refractivity contribution in [3.8, 4) is 0 Å². The topological polar surface area (TPSA) is 40.6 Å². The van der Waals surface area contributed by atoms with Gasteiger partial charge in [0.05, 0.1) is 0 Å². The molecule has 0 atom stereocenters. The summed E-state index contributed by atoms with van der Waals surface area (Å²) >= 11 is 0. The first-order valence-corrected chi connectivity index (χ1v) is 9.73. The molecule has 1 fully saturated rings. The number of rotatable bonds is 5. The molecule has 1 saturated heterocycles. The first kappa shape index (κ1) is 18.9. The molecule has 2 aromatic rings. The molecule has 1 aliphatic heterocycles. The van der Waals surface area contributed by atoms with Crippen molar-refractivity contribution in [3.63, 3.8) is 0 Å². The highest BCUT2D eigenvalue weighted by atomic mass is 32.2. The van der Waals surface area contributed by atoms with Gasteiger partial charge in [-0.2, -0.15) is 4.31 Å². The minimum Gasteiger partial charge on any atom is -0.300 e. The average molecular weight is 384 g/mol. The lowest BCUT2D eigenvalue weighted by molar-refractivity contribution is 0.190. The fraction of sp³-hybridized carbons (Fsp3) is 0.333. The van der Waals surface area contributed by atoms with E-state index in [4.69, 9.17) is 0 Å². The summed E-state index contributed by atoms with van der Waals surface area (Å²) in [5.41, 5.74) is 1.20. The van der Waals surface area contributed by atoms with Gasteiger partial charge >= 0.3 is 0 Å². The zero-order chi connectivity index (χ0) is 18.7. The minimum atomic E-state index is -4.20. The molecule has 0 aromatic heterocycles. The Morgan fingerprint density at radius 2 is 1.50 bits per heavy atom. The highest BCUT2D eigenvalue weighted by Crippen LogP contribution is 2.24. The fourth-order valence-electron chi connectivity index (χ4n) is 2.97. The van der Waals surface area contributed by atoms with Crippen molar-refractivity contribution in [2.75, 3.05) is 32.7 Å². The van der Waals surface area contributed by atoms with Crippen molar-refractivity contribution in [2.45, 2.75) is 11.3 Å². The van der Waals surface area contributed by atoms with Crippen LogP contribution in [0.3, 0.4) is 0 Å². The van der Waals surface area contributed by atoms with Gasteiger partial charge in [-0.3, -0.25) is 0 Å².